The Hall–Kier alpha value is -2.18. The van der Waals surface area contributed by atoms with Gasteiger partial charge in [-0.3, -0.25) is 9.89 Å². The number of benzene rings is 1. The SMILES string of the molecule is Cc1[nH]nc(-c2ccccc2)c1C(=O)N1CCC2(CC1)CC(C)(O)CCO2. The van der Waals surface area contributed by atoms with Crippen molar-refractivity contribution in [1.29, 1.82) is 0 Å². The third-order valence-electron chi connectivity index (χ3n) is 5.92. The molecule has 1 aromatic heterocycles. The number of aliphatic hydroxyl groups is 1. The van der Waals surface area contributed by atoms with Crippen LogP contribution in [0.3, 0.4) is 0 Å². The number of ether oxygens (including phenoxy) is 1. The maximum absolute atomic E-state index is 13.3. The molecule has 1 aromatic carbocycles. The van der Waals surface area contributed by atoms with Crippen LogP contribution in [0.25, 0.3) is 11.3 Å². The molecule has 0 aliphatic carbocycles. The maximum atomic E-state index is 13.3. The Morgan fingerprint density at radius 1 is 1.22 bits per heavy atom. The summed E-state index contributed by atoms with van der Waals surface area (Å²) in [6.07, 6.45) is 2.83. The first-order chi connectivity index (χ1) is 12.9. The number of carbonyl (C=O) groups is 1. The van der Waals surface area contributed by atoms with E-state index in [-0.39, 0.29) is 11.5 Å². The summed E-state index contributed by atoms with van der Waals surface area (Å²) in [6.45, 7) is 5.62. The second-order valence-electron chi connectivity index (χ2n) is 8.19. The Balaban J connectivity index is 1.52. The van der Waals surface area contributed by atoms with E-state index < -0.39 is 5.60 Å². The first-order valence-electron chi connectivity index (χ1n) is 9.65. The normalized spacial score (nSPS) is 24.9. The van der Waals surface area contributed by atoms with E-state index in [0.29, 0.717) is 43.8 Å². The van der Waals surface area contributed by atoms with Gasteiger partial charge in [0.25, 0.3) is 5.91 Å². The molecule has 0 bridgehead atoms. The third kappa shape index (κ3) is 3.51. The number of aryl methyl sites for hydroxylation is 1. The molecule has 144 valence electrons. The molecule has 2 fully saturated rings. The highest BCUT2D eigenvalue weighted by Gasteiger charge is 2.45. The lowest BCUT2D eigenvalue weighted by Crippen LogP contribution is -2.54. The van der Waals surface area contributed by atoms with Gasteiger partial charge in [-0.1, -0.05) is 30.3 Å². The van der Waals surface area contributed by atoms with E-state index in [4.69, 9.17) is 4.74 Å². The number of likely N-dealkylation sites (tertiary alicyclic amines) is 1. The molecule has 2 aliphatic heterocycles. The van der Waals surface area contributed by atoms with E-state index in [1.807, 2.05) is 49.1 Å². The topological polar surface area (TPSA) is 78.5 Å². The Kier molecular flexibility index (Phi) is 4.56. The number of piperidine rings is 1. The number of carbonyl (C=O) groups excluding carboxylic acids is 1. The van der Waals surface area contributed by atoms with Gasteiger partial charge >= 0.3 is 0 Å². The Morgan fingerprint density at radius 2 is 1.93 bits per heavy atom. The average molecular weight is 369 g/mol. The van der Waals surface area contributed by atoms with Gasteiger partial charge in [-0.2, -0.15) is 5.10 Å². The molecule has 2 N–H and O–H groups in total. The predicted octanol–water partition coefficient (Wildman–Crippen LogP) is 2.92. The van der Waals surface area contributed by atoms with Gasteiger partial charge in [0.2, 0.25) is 0 Å². The fourth-order valence-electron chi connectivity index (χ4n) is 4.41. The van der Waals surface area contributed by atoms with Crippen LogP contribution < -0.4 is 0 Å². The molecule has 6 nitrogen and oxygen atoms in total. The van der Waals surface area contributed by atoms with Gasteiger partial charge in [-0.05, 0) is 33.1 Å². The molecule has 6 heteroatoms. The van der Waals surface area contributed by atoms with E-state index in [9.17, 15) is 9.90 Å². The molecule has 2 aromatic rings. The molecular weight excluding hydrogens is 342 g/mol. The molecule has 1 amide bonds. The molecule has 1 unspecified atom stereocenters. The highest BCUT2D eigenvalue weighted by Crippen LogP contribution is 2.40. The number of hydrogen-bond donors (Lipinski definition) is 2. The van der Waals surface area contributed by atoms with E-state index in [2.05, 4.69) is 10.2 Å². The van der Waals surface area contributed by atoms with Crippen LogP contribution in [-0.4, -0.2) is 57.0 Å². The molecule has 27 heavy (non-hydrogen) atoms. The zero-order valence-electron chi connectivity index (χ0n) is 16.0. The van der Waals surface area contributed by atoms with Gasteiger partial charge in [0.05, 0.1) is 23.4 Å². The van der Waals surface area contributed by atoms with Gasteiger partial charge in [0, 0.05) is 30.8 Å². The number of aromatic nitrogens is 2. The van der Waals surface area contributed by atoms with Crippen LogP contribution in [0.4, 0.5) is 0 Å². The molecule has 3 heterocycles. The second-order valence-corrected chi connectivity index (χ2v) is 8.19. The van der Waals surface area contributed by atoms with Crippen LogP contribution >= 0.6 is 0 Å². The molecule has 0 radical (unpaired) electrons. The van der Waals surface area contributed by atoms with Crippen molar-refractivity contribution in [2.24, 2.45) is 0 Å². The first-order valence-corrected chi connectivity index (χ1v) is 9.65. The largest absolute Gasteiger partial charge is 0.390 e. The summed E-state index contributed by atoms with van der Waals surface area (Å²) < 4.78 is 6.06. The highest BCUT2D eigenvalue weighted by molar-refractivity contribution is 6.01. The fraction of sp³-hybridized carbons (Fsp3) is 0.524. The fourth-order valence-corrected chi connectivity index (χ4v) is 4.41. The molecule has 2 saturated heterocycles. The summed E-state index contributed by atoms with van der Waals surface area (Å²) >= 11 is 0. The molecular formula is C21H27N3O3. The molecule has 0 saturated carbocycles. The van der Waals surface area contributed by atoms with Crippen molar-refractivity contribution >= 4 is 5.91 Å². The molecule has 1 spiro atoms. The second kappa shape index (κ2) is 6.77. The number of rotatable bonds is 2. The number of H-pyrrole nitrogens is 1. The van der Waals surface area contributed by atoms with Crippen molar-refractivity contribution in [2.45, 2.75) is 50.7 Å². The van der Waals surface area contributed by atoms with E-state index >= 15 is 0 Å². The van der Waals surface area contributed by atoms with Crippen LogP contribution in [0.2, 0.25) is 0 Å². The monoisotopic (exact) mass is 369 g/mol. The van der Waals surface area contributed by atoms with Gasteiger partial charge in [-0.15, -0.1) is 0 Å². The van der Waals surface area contributed by atoms with Crippen LogP contribution in [0.1, 0.15) is 48.7 Å². The summed E-state index contributed by atoms with van der Waals surface area (Å²) in [6, 6.07) is 9.79. The standard InChI is InChI=1S/C21H27N3O3/c1-15-17(18(23-22-15)16-6-4-3-5-7-16)19(25)24-11-8-21(9-12-24)14-20(2,26)10-13-27-21/h3-7,26H,8-14H2,1-2H3,(H,22,23). The van der Waals surface area contributed by atoms with Crippen molar-refractivity contribution in [3.05, 3.63) is 41.6 Å². The summed E-state index contributed by atoms with van der Waals surface area (Å²) in [5, 5.41) is 17.8. The minimum Gasteiger partial charge on any atom is -0.390 e. The van der Waals surface area contributed by atoms with Crippen LogP contribution in [0.15, 0.2) is 30.3 Å². The summed E-state index contributed by atoms with van der Waals surface area (Å²) in [5.41, 5.74) is 2.10. The van der Waals surface area contributed by atoms with Gasteiger partial charge in [-0.25, -0.2) is 0 Å². The maximum Gasteiger partial charge on any atom is 0.257 e. The predicted molar refractivity (Wildman–Crippen MR) is 102 cm³/mol. The number of hydrogen-bond acceptors (Lipinski definition) is 4. The number of nitrogens with one attached hydrogen (secondary N) is 1. The Bertz CT molecular complexity index is 820. The average Bonchev–Trinajstić information content (AvgIpc) is 3.03. The van der Waals surface area contributed by atoms with Crippen molar-refractivity contribution in [3.8, 4) is 11.3 Å². The smallest absolute Gasteiger partial charge is 0.257 e. The quantitative estimate of drug-likeness (QED) is 0.853. The lowest BCUT2D eigenvalue weighted by atomic mass is 9.78. The summed E-state index contributed by atoms with van der Waals surface area (Å²) in [4.78, 5) is 15.1. The minimum atomic E-state index is -0.675. The van der Waals surface area contributed by atoms with Crippen molar-refractivity contribution in [3.63, 3.8) is 0 Å². The minimum absolute atomic E-state index is 0.0116. The van der Waals surface area contributed by atoms with Crippen LogP contribution in [0, 0.1) is 6.92 Å². The van der Waals surface area contributed by atoms with Crippen molar-refractivity contribution in [1.82, 2.24) is 15.1 Å². The number of nitrogens with zero attached hydrogens (tertiary/aromatic N) is 2. The summed E-state index contributed by atoms with van der Waals surface area (Å²) in [7, 11) is 0. The van der Waals surface area contributed by atoms with E-state index in [0.717, 1.165) is 24.1 Å². The zero-order valence-corrected chi connectivity index (χ0v) is 16.0. The van der Waals surface area contributed by atoms with Gasteiger partial charge < -0.3 is 14.7 Å². The Labute approximate surface area is 159 Å². The van der Waals surface area contributed by atoms with Crippen molar-refractivity contribution < 1.29 is 14.6 Å². The number of amides is 1. The highest BCUT2D eigenvalue weighted by atomic mass is 16.5. The van der Waals surface area contributed by atoms with Gasteiger partial charge in [0.1, 0.15) is 5.69 Å². The lowest BCUT2D eigenvalue weighted by molar-refractivity contribution is -0.170. The molecule has 1 atom stereocenters. The third-order valence-corrected chi connectivity index (χ3v) is 5.92. The Morgan fingerprint density at radius 3 is 2.59 bits per heavy atom. The first kappa shape index (κ1) is 18.2. The lowest BCUT2D eigenvalue weighted by Gasteiger charge is -2.48. The number of aromatic amines is 1. The molecule has 4 rings (SSSR count). The van der Waals surface area contributed by atoms with Crippen LogP contribution in [-0.2, 0) is 4.74 Å². The zero-order chi connectivity index (χ0) is 19.1. The molecule has 2 aliphatic rings. The van der Waals surface area contributed by atoms with Gasteiger partial charge in [0.15, 0.2) is 0 Å². The van der Waals surface area contributed by atoms with Crippen LogP contribution in [0.5, 0.6) is 0 Å². The van der Waals surface area contributed by atoms with Crippen molar-refractivity contribution in [2.75, 3.05) is 19.7 Å². The van der Waals surface area contributed by atoms with E-state index in [1.54, 1.807) is 0 Å². The summed E-state index contributed by atoms with van der Waals surface area (Å²) in [5.74, 6) is 0.0116. The van der Waals surface area contributed by atoms with E-state index in [1.165, 1.54) is 0 Å².